The Bertz CT molecular complexity index is 293. The molecule has 80 valence electrons. The molecule has 4 heteroatoms. The second kappa shape index (κ2) is 6.27. The van der Waals surface area contributed by atoms with Gasteiger partial charge in [-0.25, -0.2) is 0 Å². The molecule has 1 aromatic carbocycles. The van der Waals surface area contributed by atoms with Gasteiger partial charge in [0.1, 0.15) is 5.75 Å². The summed E-state index contributed by atoms with van der Waals surface area (Å²) in [6.07, 6.45) is 0.943. The summed E-state index contributed by atoms with van der Waals surface area (Å²) in [5, 5.41) is 0. The maximum Gasteiger partial charge on any atom is 0.133 e. The number of hydrogen-bond acceptors (Lipinski definition) is 2. The summed E-state index contributed by atoms with van der Waals surface area (Å²) in [4.78, 5) is 0. The molecule has 0 bridgehead atoms. The van der Waals surface area contributed by atoms with E-state index in [1.54, 1.807) is 7.11 Å². The fraction of sp³-hybridized carbons (Fsp3) is 0.400. The predicted molar refractivity (Wildman–Crippen MR) is 65.2 cm³/mol. The van der Waals surface area contributed by atoms with Crippen molar-refractivity contribution in [3.8, 4) is 5.75 Å². The molecule has 0 amide bonds. The molecule has 14 heavy (non-hydrogen) atoms. The normalized spacial score (nSPS) is 11.7. The van der Waals surface area contributed by atoms with E-state index in [2.05, 4.69) is 22.9 Å². The lowest BCUT2D eigenvalue weighted by Crippen LogP contribution is -2.08. The SMILES string of the molecule is CCC(N)c1ccc(OC)c(Br)c1.Cl. The van der Waals surface area contributed by atoms with Gasteiger partial charge in [0, 0.05) is 6.04 Å². The van der Waals surface area contributed by atoms with Crippen LogP contribution in [0.15, 0.2) is 22.7 Å². The minimum Gasteiger partial charge on any atom is -0.496 e. The number of methoxy groups -OCH3 is 1. The van der Waals surface area contributed by atoms with Crippen molar-refractivity contribution in [2.45, 2.75) is 19.4 Å². The summed E-state index contributed by atoms with van der Waals surface area (Å²) in [6.45, 7) is 2.07. The fourth-order valence-electron chi connectivity index (χ4n) is 1.15. The van der Waals surface area contributed by atoms with Crippen LogP contribution < -0.4 is 10.5 Å². The van der Waals surface area contributed by atoms with Crippen molar-refractivity contribution in [3.05, 3.63) is 28.2 Å². The Hall–Kier alpha value is -0.250. The van der Waals surface area contributed by atoms with E-state index in [9.17, 15) is 0 Å². The van der Waals surface area contributed by atoms with Crippen LogP contribution in [0.1, 0.15) is 24.9 Å². The molecule has 0 spiro atoms. The highest BCUT2D eigenvalue weighted by Crippen LogP contribution is 2.27. The van der Waals surface area contributed by atoms with Gasteiger partial charge in [-0.15, -0.1) is 12.4 Å². The summed E-state index contributed by atoms with van der Waals surface area (Å²) in [5.74, 6) is 0.840. The topological polar surface area (TPSA) is 35.2 Å². The molecule has 0 saturated carbocycles. The molecule has 1 atom stereocenters. The van der Waals surface area contributed by atoms with Crippen molar-refractivity contribution in [2.24, 2.45) is 5.73 Å². The fourth-order valence-corrected chi connectivity index (χ4v) is 1.71. The number of rotatable bonds is 3. The first-order chi connectivity index (χ1) is 6.19. The monoisotopic (exact) mass is 279 g/mol. The van der Waals surface area contributed by atoms with Gasteiger partial charge in [0.05, 0.1) is 11.6 Å². The van der Waals surface area contributed by atoms with Crippen molar-refractivity contribution in [3.63, 3.8) is 0 Å². The summed E-state index contributed by atoms with van der Waals surface area (Å²) in [5.41, 5.74) is 7.03. The van der Waals surface area contributed by atoms with Crippen LogP contribution in [0.25, 0.3) is 0 Å². The summed E-state index contributed by atoms with van der Waals surface area (Å²) in [6, 6.07) is 6.04. The first-order valence-electron chi connectivity index (χ1n) is 4.28. The molecule has 1 rings (SSSR count). The van der Waals surface area contributed by atoms with Crippen LogP contribution in [0.3, 0.4) is 0 Å². The molecule has 0 saturated heterocycles. The van der Waals surface area contributed by atoms with E-state index in [0.29, 0.717) is 0 Å². The van der Waals surface area contributed by atoms with E-state index < -0.39 is 0 Å². The van der Waals surface area contributed by atoms with E-state index in [1.165, 1.54) is 0 Å². The molecule has 0 aliphatic rings. The van der Waals surface area contributed by atoms with Crippen LogP contribution >= 0.6 is 28.3 Å². The molecule has 0 radical (unpaired) electrons. The van der Waals surface area contributed by atoms with Crippen molar-refractivity contribution in [1.82, 2.24) is 0 Å². The van der Waals surface area contributed by atoms with Crippen LogP contribution in [0.4, 0.5) is 0 Å². The van der Waals surface area contributed by atoms with Gasteiger partial charge in [0.2, 0.25) is 0 Å². The van der Waals surface area contributed by atoms with Crippen LogP contribution in [-0.2, 0) is 0 Å². The first-order valence-corrected chi connectivity index (χ1v) is 5.07. The van der Waals surface area contributed by atoms with Crippen molar-refractivity contribution < 1.29 is 4.74 Å². The number of hydrogen-bond donors (Lipinski definition) is 1. The minimum absolute atomic E-state index is 0. The van der Waals surface area contributed by atoms with Gasteiger partial charge in [0.25, 0.3) is 0 Å². The third kappa shape index (κ3) is 3.15. The lowest BCUT2D eigenvalue weighted by atomic mass is 10.1. The molecular weight excluding hydrogens is 265 g/mol. The molecule has 2 nitrogen and oxygen atoms in total. The van der Waals surface area contributed by atoms with E-state index in [1.807, 2.05) is 18.2 Å². The summed E-state index contributed by atoms with van der Waals surface area (Å²) < 4.78 is 6.08. The smallest absolute Gasteiger partial charge is 0.133 e. The van der Waals surface area contributed by atoms with Gasteiger partial charge in [-0.05, 0) is 40.0 Å². The second-order valence-electron chi connectivity index (χ2n) is 2.91. The Kier molecular flexibility index (Phi) is 6.16. The molecule has 1 unspecified atom stereocenters. The van der Waals surface area contributed by atoms with E-state index in [4.69, 9.17) is 10.5 Å². The standard InChI is InChI=1S/C10H14BrNO.ClH/c1-3-9(12)7-4-5-10(13-2)8(11)6-7;/h4-6,9H,3,12H2,1-2H3;1H. The zero-order valence-electron chi connectivity index (χ0n) is 8.29. The highest BCUT2D eigenvalue weighted by molar-refractivity contribution is 9.10. The van der Waals surface area contributed by atoms with Crippen LogP contribution in [-0.4, -0.2) is 7.11 Å². The second-order valence-corrected chi connectivity index (χ2v) is 3.76. The zero-order chi connectivity index (χ0) is 9.84. The third-order valence-electron chi connectivity index (χ3n) is 2.04. The van der Waals surface area contributed by atoms with Gasteiger partial charge >= 0.3 is 0 Å². The lowest BCUT2D eigenvalue weighted by molar-refractivity contribution is 0.412. The Morgan fingerprint density at radius 2 is 2.14 bits per heavy atom. The first kappa shape index (κ1) is 13.8. The van der Waals surface area contributed by atoms with E-state index in [0.717, 1.165) is 22.2 Å². The lowest BCUT2D eigenvalue weighted by Gasteiger charge is -2.11. The highest BCUT2D eigenvalue weighted by atomic mass is 79.9. The number of nitrogens with two attached hydrogens (primary N) is 1. The summed E-state index contributed by atoms with van der Waals surface area (Å²) >= 11 is 3.42. The van der Waals surface area contributed by atoms with Crippen LogP contribution in [0, 0.1) is 0 Å². The molecule has 0 fully saturated rings. The Labute approximate surface area is 99.4 Å². The average Bonchev–Trinajstić information content (AvgIpc) is 2.16. The largest absolute Gasteiger partial charge is 0.496 e. The van der Waals surface area contributed by atoms with Crippen molar-refractivity contribution in [2.75, 3.05) is 7.11 Å². The van der Waals surface area contributed by atoms with Gasteiger partial charge in [-0.2, -0.15) is 0 Å². The molecule has 2 N–H and O–H groups in total. The average molecular weight is 281 g/mol. The Morgan fingerprint density at radius 1 is 1.50 bits per heavy atom. The van der Waals surface area contributed by atoms with Crippen LogP contribution in [0.2, 0.25) is 0 Å². The van der Waals surface area contributed by atoms with Crippen molar-refractivity contribution >= 4 is 28.3 Å². The van der Waals surface area contributed by atoms with Crippen LogP contribution in [0.5, 0.6) is 5.75 Å². The molecule has 0 heterocycles. The van der Waals surface area contributed by atoms with Crippen molar-refractivity contribution in [1.29, 1.82) is 0 Å². The molecule has 1 aromatic rings. The zero-order valence-corrected chi connectivity index (χ0v) is 10.7. The maximum absolute atomic E-state index is 5.89. The van der Waals surface area contributed by atoms with Gasteiger partial charge in [-0.3, -0.25) is 0 Å². The minimum atomic E-state index is 0. The van der Waals surface area contributed by atoms with Gasteiger partial charge in [0.15, 0.2) is 0 Å². The third-order valence-corrected chi connectivity index (χ3v) is 2.66. The maximum atomic E-state index is 5.89. The Balaban J connectivity index is 0.00000169. The van der Waals surface area contributed by atoms with E-state index >= 15 is 0 Å². The molecule has 0 aliphatic carbocycles. The number of ether oxygens (including phenoxy) is 1. The molecule has 0 aromatic heterocycles. The summed E-state index contributed by atoms with van der Waals surface area (Å²) in [7, 11) is 1.65. The molecule has 0 aliphatic heterocycles. The number of benzene rings is 1. The van der Waals surface area contributed by atoms with E-state index in [-0.39, 0.29) is 18.4 Å². The highest BCUT2D eigenvalue weighted by Gasteiger charge is 2.06. The van der Waals surface area contributed by atoms with Gasteiger partial charge in [-0.1, -0.05) is 13.0 Å². The number of halogens is 2. The quantitative estimate of drug-likeness (QED) is 0.922. The molecular formula is C10H15BrClNO. The predicted octanol–water partition coefficient (Wildman–Crippen LogP) is 3.29. The Morgan fingerprint density at radius 3 is 2.57 bits per heavy atom. The van der Waals surface area contributed by atoms with Gasteiger partial charge < -0.3 is 10.5 Å².